The van der Waals surface area contributed by atoms with E-state index in [-0.39, 0.29) is 12.2 Å². The summed E-state index contributed by atoms with van der Waals surface area (Å²) in [7, 11) is 0. The van der Waals surface area contributed by atoms with Crippen LogP contribution in [-0.4, -0.2) is 22.4 Å². The Balaban J connectivity index is 1.32. The third-order valence-electron chi connectivity index (χ3n) is 11.9. The fourth-order valence-electron chi connectivity index (χ4n) is 8.58. The van der Waals surface area contributed by atoms with E-state index in [0.29, 0.717) is 23.2 Å². The third-order valence-corrected chi connectivity index (χ3v) is 11.9. The van der Waals surface area contributed by atoms with Gasteiger partial charge in [-0.3, -0.25) is 0 Å². The smallest absolute Gasteiger partial charge is 0.0571 e. The van der Waals surface area contributed by atoms with Gasteiger partial charge in [0.05, 0.1) is 12.2 Å². The van der Waals surface area contributed by atoms with Crippen molar-refractivity contribution in [3.8, 4) is 0 Å². The first-order chi connectivity index (χ1) is 17.2. The van der Waals surface area contributed by atoms with E-state index in [0.717, 1.165) is 49.4 Å². The van der Waals surface area contributed by atoms with Gasteiger partial charge in [0.2, 0.25) is 0 Å². The van der Waals surface area contributed by atoms with Gasteiger partial charge in [0, 0.05) is 0 Å². The molecule has 3 aliphatic rings. The van der Waals surface area contributed by atoms with E-state index in [1.165, 1.54) is 96.3 Å². The Labute approximate surface area is 225 Å². The fraction of sp³-hybridized carbons (Fsp3) is 1.00. The molecule has 0 saturated heterocycles. The second kappa shape index (κ2) is 14.9. The van der Waals surface area contributed by atoms with Crippen molar-refractivity contribution in [2.45, 2.75) is 169 Å². The van der Waals surface area contributed by atoms with Gasteiger partial charge in [0.25, 0.3) is 0 Å². The van der Waals surface area contributed by atoms with Crippen LogP contribution < -0.4 is 0 Å². The second-order valence-electron chi connectivity index (χ2n) is 14.7. The van der Waals surface area contributed by atoms with E-state index in [1.54, 1.807) is 0 Å². The van der Waals surface area contributed by atoms with Gasteiger partial charge in [-0.25, -0.2) is 0 Å². The summed E-state index contributed by atoms with van der Waals surface area (Å²) < 4.78 is 0. The average molecular weight is 505 g/mol. The van der Waals surface area contributed by atoms with Crippen LogP contribution in [0, 0.1) is 46.8 Å². The minimum atomic E-state index is -0.105. The van der Waals surface area contributed by atoms with Gasteiger partial charge in [-0.2, -0.15) is 0 Å². The minimum Gasteiger partial charge on any atom is -0.393 e. The maximum Gasteiger partial charge on any atom is 0.0571 e. The standard InChI is InChI=1S/C34H64O2/c1-6-26(3)29(24-33(36)28-19-15-25(2)16-20-28)11-7-10-14-32(35)23-27-17-21-31(22-18-27)34(4,5)30-12-8-9-13-30/h25-33,35-36H,6-24H2,1-5H3/t25?,26-,27?,28?,29?,31?,32-,33?/m0/s1. The lowest BCUT2D eigenvalue weighted by atomic mass is 9.62. The second-order valence-corrected chi connectivity index (χ2v) is 14.7. The van der Waals surface area contributed by atoms with Gasteiger partial charge >= 0.3 is 0 Å². The first-order valence-corrected chi connectivity index (χ1v) is 16.6. The van der Waals surface area contributed by atoms with E-state index in [2.05, 4.69) is 34.6 Å². The first-order valence-electron chi connectivity index (χ1n) is 16.6. The van der Waals surface area contributed by atoms with Crippen LogP contribution in [0.4, 0.5) is 0 Å². The SMILES string of the molecule is CC[C@H](C)C(CCCC[C@H](O)CC1CCC(C(C)(C)C2CCCC2)CC1)CC(O)C1CCC(C)CC1. The molecule has 4 atom stereocenters. The van der Waals surface area contributed by atoms with Gasteiger partial charge in [0.15, 0.2) is 0 Å². The quantitative estimate of drug-likeness (QED) is 0.231. The molecule has 212 valence electrons. The Morgan fingerprint density at radius 3 is 1.97 bits per heavy atom. The molecule has 0 bridgehead atoms. The van der Waals surface area contributed by atoms with Crippen LogP contribution >= 0.6 is 0 Å². The topological polar surface area (TPSA) is 40.5 Å². The molecule has 3 rings (SSSR count). The van der Waals surface area contributed by atoms with Crippen LogP contribution in [0.5, 0.6) is 0 Å². The van der Waals surface area contributed by atoms with Crippen molar-refractivity contribution in [3.05, 3.63) is 0 Å². The highest BCUT2D eigenvalue weighted by Gasteiger charge is 2.40. The van der Waals surface area contributed by atoms with E-state index in [1.807, 2.05) is 0 Å². The summed E-state index contributed by atoms with van der Waals surface area (Å²) in [6, 6.07) is 0. The molecule has 0 aromatic carbocycles. The number of unbranched alkanes of at least 4 members (excludes halogenated alkanes) is 1. The molecule has 0 spiro atoms. The van der Waals surface area contributed by atoms with Gasteiger partial charge in [0.1, 0.15) is 0 Å². The predicted octanol–water partition coefficient (Wildman–Crippen LogP) is 9.56. The van der Waals surface area contributed by atoms with Crippen molar-refractivity contribution in [2.75, 3.05) is 0 Å². The maximum atomic E-state index is 11.0. The lowest BCUT2D eigenvalue weighted by Crippen LogP contribution is -2.34. The van der Waals surface area contributed by atoms with Crippen molar-refractivity contribution in [3.63, 3.8) is 0 Å². The summed E-state index contributed by atoms with van der Waals surface area (Å²) in [4.78, 5) is 0. The summed E-state index contributed by atoms with van der Waals surface area (Å²) in [6.07, 6.45) is 23.9. The van der Waals surface area contributed by atoms with E-state index < -0.39 is 0 Å². The molecule has 36 heavy (non-hydrogen) atoms. The molecule has 0 aliphatic heterocycles. The summed E-state index contributed by atoms with van der Waals surface area (Å²) in [5.74, 6) is 5.32. The molecular weight excluding hydrogens is 440 g/mol. The first kappa shape index (κ1) is 30.5. The van der Waals surface area contributed by atoms with Crippen LogP contribution in [0.25, 0.3) is 0 Å². The molecule has 2 heteroatoms. The Morgan fingerprint density at radius 2 is 1.36 bits per heavy atom. The molecule has 0 aromatic heterocycles. The Hall–Kier alpha value is -0.0800. The zero-order valence-electron chi connectivity index (χ0n) is 25.0. The van der Waals surface area contributed by atoms with Crippen molar-refractivity contribution in [1.82, 2.24) is 0 Å². The number of aliphatic hydroxyl groups is 2. The van der Waals surface area contributed by atoms with Gasteiger partial charge in [-0.1, -0.05) is 98.8 Å². The summed E-state index contributed by atoms with van der Waals surface area (Å²) in [5.41, 5.74) is 0.523. The zero-order valence-corrected chi connectivity index (χ0v) is 25.0. The highest BCUT2D eigenvalue weighted by molar-refractivity contribution is 4.90. The summed E-state index contributed by atoms with van der Waals surface area (Å²) >= 11 is 0. The number of rotatable bonds is 14. The zero-order chi connectivity index (χ0) is 26.1. The molecule has 0 radical (unpaired) electrons. The molecule has 3 saturated carbocycles. The maximum absolute atomic E-state index is 11.0. The number of aliphatic hydroxyl groups excluding tert-OH is 2. The molecule has 0 amide bonds. The van der Waals surface area contributed by atoms with Crippen LogP contribution in [0.3, 0.4) is 0 Å². The highest BCUT2D eigenvalue weighted by Crippen LogP contribution is 2.50. The minimum absolute atomic E-state index is 0.101. The number of hydrogen-bond acceptors (Lipinski definition) is 2. The van der Waals surface area contributed by atoms with Crippen LogP contribution in [0.15, 0.2) is 0 Å². The van der Waals surface area contributed by atoms with Crippen molar-refractivity contribution < 1.29 is 10.2 Å². The summed E-state index contributed by atoms with van der Waals surface area (Å²) in [5, 5.41) is 21.8. The molecule has 2 N–H and O–H groups in total. The van der Waals surface area contributed by atoms with E-state index in [9.17, 15) is 10.2 Å². The monoisotopic (exact) mass is 504 g/mol. The average Bonchev–Trinajstić information content (AvgIpc) is 3.42. The Kier molecular flexibility index (Phi) is 12.6. The molecule has 3 aliphatic carbocycles. The lowest BCUT2D eigenvalue weighted by Gasteiger charge is -2.43. The van der Waals surface area contributed by atoms with Crippen molar-refractivity contribution >= 4 is 0 Å². The largest absolute Gasteiger partial charge is 0.393 e. The summed E-state index contributed by atoms with van der Waals surface area (Å²) in [6.45, 7) is 12.2. The predicted molar refractivity (Wildman–Crippen MR) is 155 cm³/mol. The molecule has 0 aromatic rings. The third kappa shape index (κ3) is 9.00. The van der Waals surface area contributed by atoms with Crippen molar-refractivity contribution in [2.24, 2.45) is 46.8 Å². The molecular formula is C34H64O2. The molecule has 2 nitrogen and oxygen atoms in total. The van der Waals surface area contributed by atoms with Crippen LogP contribution in [0.2, 0.25) is 0 Å². The fourth-order valence-corrected chi connectivity index (χ4v) is 8.58. The lowest BCUT2D eigenvalue weighted by molar-refractivity contribution is 0.0435. The molecule has 0 heterocycles. The highest BCUT2D eigenvalue weighted by atomic mass is 16.3. The van der Waals surface area contributed by atoms with Gasteiger partial charge < -0.3 is 10.2 Å². The van der Waals surface area contributed by atoms with E-state index >= 15 is 0 Å². The van der Waals surface area contributed by atoms with Crippen LogP contribution in [0.1, 0.15) is 157 Å². The van der Waals surface area contributed by atoms with Crippen LogP contribution in [-0.2, 0) is 0 Å². The Morgan fingerprint density at radius 1 is 0.778 bits per heavy atom. The van der Waals surface area contributed by atoms with Gasteiger partial charge in [-0.15, -0.1) is 0 Å². The Bertz CT molecular complexity index is 578. The van der Waals surface area contributed by atoms with E-state index in [4.69, 9.17) is 0 Å². The van der Waals surface area contributed by atoms with Crippen molar-refractivity contribution in [1.29, 1.82) is 0 Å². The molecule has 2 unspecified atom stereocenters. The number of hydrogen-bond donors (Lipinski definition) is 2. The van der Waals surface area contributed by atoms with Gasteiger partial charge in [-0.05, 0) is 105 Å². The normalized spacial score (nSPS) is 31.8. The molecule has 3 fully saturated rings.